The topological polar surface area (TPSA) is 6.25 Å². The Morgan fingerprint density at radius 2 is 2.29 bits per heavy atom. The predicted molar refractivity (Wildman–Crippen MR) is 59.9 cm³/mol. The molecule has 0 aromatic heterocycles. The van der Waals surface area contributed by atoms with Gasteiger partial charge in [0.15, 0.2) is 0 Å². The van der Waals surface area contributed by atoms with Crippen LogP contribution in [0.3, 0.4) is 0 Å². The molecule has 2 nitrogen and oxygen atoms in total. The van der Waals surface area contributed by atoms with Crippen molar-refractivity contribution in [3.05, 3.63) is 0 Å². The minimum atomic E-state index is 0.742. The fourth-order valence-corrected chi connectivity index (χ4v) is 2.80. The van der Waals surface area contributed by atoms with E-state index >= 15 is 0 Å². The summed E-state index contributed by atoms with van der Waals surface area (Å²) in [7, 11) is 0. The third-order valence-corrected chi connectivity index (χ3v) is 3.46. The van der Waals surface area contributed by atoms with Crippen LogP contribution in [0.4, 0.5) is 0 Å². The Morgan fingerprint density at radius 1 is 1.36 bits per heavy atom. The van der Waals surface area contributed by atoms with E-state index in [2.05, 4.69) is 22.6 Å². The first-order chi connectivity index (χ1) is 6.92. The Hall–Kier alpha value is -0.370. The molecule has 14 heavy (non-hydrogen) atoms. The summed E-state index contributed by atoms with van der Waals surface area (Å²) in [6.07, 6.45) is 11.3. The number of fused-ring (bicyclic) bond motifs is 1. The SMILES string of the molecule is CCCN1CCC[N+]2=CCCCCC12. The summed E-state index contributed by atoms with van der Waals surface area (Å²) in [5.41, 5.74) is 0. The van der Waals surface area contributed by atoms with Gasteiger partial charge in [-0.2, -0.15) is 0 Å². The van der Waals surface area contributed by atoms with Crippen molar-refractivity contribution in [3.63, 3.8) is 0 Å². The van der Waals surface area contributed by atoms with Crippen LogP contribution >= 0.6 is 0 Å². The second-order valence-corrected chi connectivity index (χ2v) is 4.57. The second-order valence-electron chi connectivity index (χ2n) is 4.57. The van der Waals surface area contributed by atoms with E-state index in [4.69, 9.17) is 0 Å². The maximum atomic E-state index is 2.69. The van der Waals surface area contributed by atoms with Crippen molar-refractivity contribution >= 4 is 6.21 Å². The van der Waals surface area contributed by atoms with Gasteiger partial charge in [0, 0.05) is 32.4 Å². The van der Waals surface area contributed by atoms with Gasteiger partial charge < -0.3 is 0 Å². The van der Waals surface area contributed by atoms with Crippen LogP contribution in [-0.2, 0) is 0 Å². The Bertz CT molecular complexity index is 208. The lowest BCUT2D eigenvalue weighted by Crippen LogP contribution is -2.49. The van der Waals surface area contributed by atoms with Crippen molar-refractivity contribution in [1.29, 1.82) is 0 Å². The molecule has 0 radical (unpaired) electrons. The highest BCUT2D eigenvalue weighted by atomic mass is 15.3. The van der Waals surface area contributed by atoms with Crippen LogP contribution in [0.2, 0.25) is 0 Å². The quantitative estimate of drug-likeness (QED) is 0.611. The summed E-state index contributed by atoms with van der Waals surface area (Å²) in [6, 6.07) is 0. The lowest BCUT2D eigenvalue weighted by Gasteiger charge is -2.32. The van der Waals surface area contributed by atoms with E-state index in [1.807, 2.05) is 0 Å². The van der Waals surface area contributed by atoms with Gasteiger partial charge in [-0.05, 0) is 19.3 Å². The highest BCUT2D eigenvalue weighted by molar-refractivity contribution is 5.51. The Morgan fingerprint density at radius 3 is 3.14 bits per heavy atom. The molecule has 0 aromatic rings. The molecule has 1 saturated heterocycles. The fourth-order valence-electron chi connectivity index (χ4n) is 2.80. The number of nitrogens with zero attached hydrogens (tertiary/aromatic N) is 2. The van der Waals surface area contributed by atoms with E-state index < -0.39 is 0 Å². The maximum absolute atomic E-state index is 2.69. The molecular weight excluding hydrogens is 172 g/mol. The molecule has 0 aliphatic carbocycles. The molecule has 1 unspecified atom stereocenters. The minimum absolute atomic E-state index is 0.742. The van der Waals surface area contributed by atoms with Gasteiger partial charge in [0.05, 0.1) is 0 Å². The molecule has 2 aliphatic rings. The average Bonchev–Trinajstić information content (AvgIpc) is 2.44. The maximum Gasteiger partial charge on any atom is 0.208 e. The molecule has 2 rings (SSSR count). The van der Waals surface area contributed by atoms with E-state index in [1.54, 1.807) is 0 Å². The number of hydrogen-bond donors (Lipinski definition) is 0. The van der Waals surface area contributed by atoms with Crippen molar-refractivity contribution in [2.75, 3.05) is 19.6 Å². The molecule has 1 atom stereocenters. The summed E-state index contributed by atoms with van der Waals surface area (Å²) >= 11 is 0. The molecule has 0 N–H and O–H groups in total. The highest BCUT2D eigenvalue weighted by Gasteiger charge is 2.31. The fraction of sp³-hybridized carbons (Fsp3) is 0.917. The van der Waals surface area contributed by atoms with Crippen LogP contribution in [-0.4, -0.2) is 41.5 Å². The summed E-state index contributed by atoms with van der Waals surface area (Å²) in [4.78, 5) is 2.69. The zero-order valence-electron chi connectivity index (χ0n) is 9.41. The van der Waals surface area contributed by atoms with Crippen molar-refractivity contribution < 1.29 is 4.58 Å². The standard InChI is InChI=1S/C12H23N2/c1-2-8-13-10-6-11-14-9-5-3-4-7-12(13)14/h9,12H,2-8,10-11H2,1H3/q+1. The zero-order chi connectivity index (χ0) is 9.80. The van der Waals surface area contributed by atoms with Crippen LogP contribution in [0, 0.1) is 0 Å². The Balaban J connectivity index is 2.05. The molecule has 0 bridgehead atoms. The second kappa shape index (κ2) is 4.92. The van der Waals surface area contributed by atoms with Crippen LogP contribution < -0.4 is 0 Å². The smallest absolute Gasteiger partial charge is 0.208 e. The van der Waals surface area contributed by atoms with E-state index in [9.17, 15) is 0 Å². The lowest BCUT2D eigenvalue weighted by atomic mass is 10.1. The third kappa shape index (κ3) is 2.17. The Labute approximate surface area is 87.6 Å². The largest absolute Gasteiger partial charge is 0.246 e. The van der Waals surface area contributed by atoms with Crippen molar-refractivity contribution in [2.24, 2.45) is 0 Å². The first kappa shape index (κ1) is 10.2. The van der Waals surface area contributed by atoms with Gasteiger partial charge in [0.25, 0.3) is 0 Å². The first-order valence-corrected chi connectivity index (χ1v) is 6.25. The molecule has 80 valence electrons. The van der Waals surface area contributed by atoms with Crippen LogP contribution in [0.15, 0.2) is 0 Å². The number of rotatable bonds is 2. The van der Waals surface area contributed by atoms with Gasteiger partial charge in [-0.15, -0.1) is 0 Å². The lowest BCUT2D eigenvalue weighted by molar-refractivity contribution is -0.600. The van der Waals surface area contributed by atoms with Crippen molar-refractivity contribution in [2.45, 2.75) is 51.6 Å². The van der Waals surface area contributed by atoms with E-state index in [-0.39, 0.29) is 0 Å². The van der Waals surface area contributed by atoms with Gasteiger partial charge >= 0.3 is 0 Å². The molecule has 2 heteroatoms. The van der Waals surface area contributed by atoms with Gasteiger partial charge in [0.2, 0.25) is 6.17 Å². The predicted octanol–water partition coefficient (Wildman–Crippen LogP) is 2.09. The minimum Gasteiger partial charge on any atom is -0.246 e. The molecule has 0 amide bonds. The molecule has 2 aliphatic heterocycles. The van der Waals surface area contributed by atoms with Gasteiger partial charge in [-0.1, -0.05) is 6.92 Å². The monoisotopic (exact) mass is 195 g/mol. The van der Waals surface area contributed by atoms with Gasteiger partial charge in [-0.3, -0.25) is 0 Å². The van der Waals surface area contributed by atoms with Crippen LogP contribution in [0.1, 0.15) is 45.4 Å². The molecular formula is C12H23N2+. The summed E-state index contributed by atoms with van der Waals surface area (Å²) in [5, 5.41) is 0. The molecule has 1 fully saturated rings. The third-order valence-electron chi connectivity index (χ3n) is 3.46. The molecule has 0 saturated carbocycles. The van der Waals surface area contributed by atoms with Crippen molar-refractivity contribution in [3.8, 4) is 0 Å². The van der Waals surface area contributed by atoms with Gasteiger partial charge in [-0.25, -0.2) is 9.48 Å². The van der Waals surface area contributed by atoms with Crippen LogP contribution in [0.5, 0.6) is 0 Å². The summed E-state index contributed by atoms with van der Waals surface area (Å²) in [6.45, 7) is 6.20. The zero-order valence-corrected chi connectivity index (χ0v) is 9.41. The van der Waals surface area contributed by atoms with Crippen molar-refractivity contribution in [1.82, 2.24) is 4.90 Å². The highest BCUT2D eigenvalue weighted by Crippen LogP contribution is 2.19. The molecule has 0 aromatic carbocycles. The van der Waals surface area contributed by atoms with Crippen LogP contribution in [0.25, 0.3) is 0 Å². The van der Waals surface area contributed by atoms with E-state index in [0.717, 1.165) is 6.17 Å². The first-order valence-electron chi connectivity index (χ1n) is 6.25. The van der Waals surface area contributed by atoms with E-state index in [0.29, 0.717) is 0 Å². The molecule has 2 heterocycles. The van der Waals surface area contributed by atoms with E-state index in [1.165, 1.54) is 58.2 Å². The summed E-state index contributed by atoms with van der Waals surface area (Å²) < 4.78 is 2.60. The number of hydrogen-bond acceptors (Lipinski definition) is 1. The normalized spacial score (nSPS) is 29.2. The molecule has 0 spiro atoms. The Kier molecular flexibility index (Phi) is 3.57. The average molecular weight is 195 g/mol. The summed E-state index contributed by atoms with van der Waals surface area (Å²) in [5.74, 6) is 0. The van der Waals surface area contributed by atoms with Gasteiger partial charge in [0.1, 0.15) is 12.8 Å².